The number of nitrogens with zero attached hydrogens (tertiary/aromatic N) is 1. The van der Waals surface area contributed by atoms with E-state index in [2.05, 4.69) is 5.32 Å². The van der Waals surface area contributed by atoms with Crippen LogP contribution in [-0.4, -0.2) is 36.3 Å². The van der Waals surface area contributed by atoms with Crippen LogP contribution in [0.4, 0.5) is 8.78 Å². The summed E-state index contributed by atoms with van der Waals surface area (Å²) in [5, 5.41) is 2.61. The van der Waals surface area contributed by atoms with Crippen molar-refractivity contribution in [1.29, 1.82) is 0 Å². The van der Waals surface area contributed by atoms with Crippen LogP contribution in [0.15, 0.2) is 18.2 Å². The minimum Gasteiger partial charge on any atom is -0.354 e. The first-order valence-electron chi connectivity index (χ1n) is 5.59. The highest BCUT2D eigenvalue weighted by Gasteiger charge is 2.23. The Balaban J connectivity index is 2.20. The predicted molar refractivity (Wildman–Crippen MR) is 59.9 cm³/mol. The monoisotopic (exact) mass is 254 g/mol. The predicted octanol–water partition coefficient (Wildman–Crippen LogP) is 0.927. The van der Waals surface area contributed by atoms with Gasteiger partial charge in [0.2, 0.25) is 5.91 Å². The van der Waals surface area contributed by atoms with Crippen LogP contribution in [0.1, 0.15) is 16.8 Å². The lowest BCUT2D eigenvalue weighted by Crippen LogP contribution is -2.34. The van der Waals surface area contributed by atoms with Gasteiger partial charge in [0.15, 0.2) is 11.6 Å². The lowest BCUT2D eigenvalue weighted by atomic mass is 10.1. The number of hydrogen-bond acceptors (Lipinski definition) is 2. The highest BCUT2D eigenvalue weighted by molar-refractivity contribution is 5.95. The normalized spacial score (nSPS) is 16.1. The van der Waals surface area contributed by atoms with Crippen LogP contribution in [0.5, 0.6) is 0 Å². The Morgan fingerprint density at radius 1 is 1.28 bits per heavy atom. The fourth-order valence-corrected chi connectivity index (χ4v) is 1.81. The molecule has 0 saturated carbocycles. The first-order chi connectivity index (χ1) is 8.59. The molecule has 0 aromatic heterocycles. The highest BCUT2D eigenvalue weighted by Crippen LogP contribution is 2.14. The van der Waals surface area contributed by atoms with Gasteiger partial charge < -0.3 is 10.2 Å². The fourth-order valence-electron chi connectivity index (χ4n) is 1.81. The van der Waals surface area contributed by atoms with Crippen molar-refractivity contribution in [1.82, 2.24) is 10.2 Å². The van der Waals surface area contributed by atoms with Gasteiger partial charge in [0.25, 0.3) is 5.91 Å². The van der Waals surface area contributed by atoms with Crippen molar-refractivity contribution in [3.8, 4) is 0 Å². The lowest BCUT2D eigenvalue weighted by molar-refractivity contribution is -0.120. The van der Waals surface area contributed by atoms with E-state index in [9.17, 15) is 18.4 Å². The van der Waals surface area contributed by atoms with Gasteiger partial charge in [0, 0.05) is 26.1 Å². The molecule has 4 nitrogen and oxygen atoms in total. The molecular weight excluding hydrogens is 242 g/mol. The maximum Gasteiger partial charge on any atom is 0.257 e. The Morgan fingerprint density at radius 2 is 2.06 bits per heavy atom. The first-order valence-corrected chi connectivity index (χ1v) is 5.59. The molecule has 0 atom stereocenters. The van der Waals surface area contributed by atoms with Gasteiger partial charge in [-0.3, -0.25) is 9.59 Å². The number of nitrogens with one attached hydrogen (secondary N) is 1. The van der Waals surface area contributed by atoms with Crippen LogP contribution in [0, 0.1) is 11.6 Å². The van der Waals surface area contributed by atoms with E-state index in [1.165, 1.54) is 17.0 Å². The van der Waals surface area contributed by atoms with Gasteiger partial charge in [-0.1, -0.05) is 6.07 Å². The topological polar surface area (TPSA) is 49.4 Å². The number of carbonyl (C=O) groups excluding carboxylic acids is 2. The van der Waals surface area contributed by atoms with Gasteiger partial charge in [-0.05, 0) is 12.1 Å². The molecule has 2 amide bonds. The maximum atomic E-state index is 13.5. The van der Waals surface area contributed by atoms with E-state index in [-0.39, 0.29) is 24.4 Å². The van der Waals surface area contributed by atoms with Crippen molar-refractivity contribution in [2.24, 2.45) is 0 Å². The summed E-state index contributed by atoms with van der Waals surface area (Å²) in [6.07, 6.45) is 0.169. The van der Waals surface area contributed by atoms with E-state index in [0.29, 0.717) is 13.1 Å². The number of rotatable bonds is 1. The van der Waals surface area contributed by atoms with Crippen LogP contribution in [0.25, 0.3) is 0 Å². The van der Waals surface area contributed by atoms with Gasteiger partial charge in [-0.25, -0.2) is 8.78 Å². The summed E-state index contributed by atoms with van der Waals surface area (Å²) in [6, 6.07) is 3.48. The molecule has 1 aromatic rings. The fraction of sp³-hybridized carbons (Fsp3) is 0.333. The Morgan fingerprint density at radius 3 is 2.83 bits per heavy atom. The SMILES string of the molecule is O=C1CCN(C(=O)c2cccc(F)c2F)CCN1. The molecule has 0 bridgehead atoms. The van der Waals surface area contributed by atoms with E-state index in [1.54, 1.807) is 0 Å². The average molecular weight is 254 g/mol. The van der Waals surface area contributed by atoms with Crippen LogP contribution in [0.3, 0.4) is 0 Å². The molecule has 6 heteroatoms. The van der Waals surface area contributed by atoms with Crippen LogP contribution in [0.2, 0.25) is 0 Å². The summed E-state index contributed by atoms with van der Waals surface area (Å²) < 4.78 is 26.5. The molecule has 1 N–H and O–H groups in total. The number of hydrogen-bond donors (Lipinski definition) is 1. The van der Waals surface area contributed by atoms with Gasteiger partial charge in [-0.15, -0.1) is 0 Å². The quantitative estimate of drug-likeness (QED) is 0.810. The molecule has 1 aromatic carbocycles. The zero-order chi connectivity index (χ0) is 13.1. The maximum absolute atomic E-state index is 13.5. The van der Waals surface area contributed by atoms with Crippen molar-refractivity contribution in [2.45, 2.75) is 6.42 Å². The molecule has 1 fully saturated rings. The number of carbonyl (C=O) groups is 2. The molecule has 0 radical (unpaired) electrons. The molecule has 2 rings (SSSR count). The van der Waals surface area contributed by atoms with E-state index in [0.717, 1.165) is 6.07 Å². The molecule has 1 heterocycles. The van der Waals surface area contributed by atoms with E-state index in [4.69, 9.17) is 0 Å². The van der Waals surface area contributed by atoms with Crippen molar-refractivity contribution >= 4 is 11.8 Å². The van der Waals surface area contributed by atoms with Crippen molar-refractivity contribution < 1.29 is 18.4 Å². The minimum absolute atomic E-state index is 0.148. The zero-order valence-corrected chi connectivity index (χ0v) is 9.58. The van der Waals surface area contributed by atoms with Gasteiger partial charge >= 0.3 is 0 Å². The Bertz CT molecular complexity index is 491. The lowest BCUT2D eigenvalue weighted by Gasteiger charge is -2.19. The molecule has 1 saturated heterocycles. The molecule has 0 spiro atoms. The Labute approximate surface area is 103 Å². The third-order valence-corrected chi connectivity index (χ3v) is 2.78. The highest BCUT2D eigenvalue weighted by atomic mass is 19.2. The minimum atomic E-state index is -1.15. The molecule has 96 valence electrons. The standard InChI is InChI=1S/C12H12F2N2O2/c13-9-3-1-2-8(11(9)14)12(18)16-6-4-10(17)15-5-7-16/h1-3H,4-7H2,(H,15,17). The summed E-state index contributed by atoms with van der Waals surface area (Å²) >= 11 is 0. The summed E-state index contributed by atoms with van der Waals surface area (Å²) in [7, 11) is 0. The van der Waals surface area contributed by atoms with E-state index < -0.39 is 17.5 Å². The largest absolute Gasteiger partial charge is 0.354 e. The number of halogens is 2. The van der Waals surface area contributed by atoms with Gasteiger partial charge in [0.05, 0.1) is 5.56 Å². The Kier molecular flexibility index (Phi) is 3.55. The third-order valence-electron chi connectivity index (χ3n) is 2.78. The van der Waals surface area contributed by atoms with E-state index in [1.807, 2.05) is 0 Å². The molecule has 1 aliphatic rings. The number of benzene rings is 1. The molecule has 0 aliphatic carbocycles. The summed E-state index contributed by atoms with van der Waals surface area (Å²) in [6.45, 7) is 0.822. The summed E-state index contributed by atoms with van der Waals surface area (Å²) in [5.41, 5.74) is -0.302. The van der Waals surface area contributed by atoms with E-state index >= 15 is 0 Å². The summed E-state index contributed by atoms with van der Waals surface area (Å²) in [4.78, 5) is 24.5. The van der Waals surface area contributed by atoms with Crippen LogP contribution in [-0.2, 0) is 4.79 Å². The molecule has 1 aliphatic heterocycles. The second kappa shape index (κ2) is 5.12. The first kappa shape index (κ1) is 12.5. The summed E-state index contributed by atoms with van der Waals surface area (Å²) in [5.74, 6) is -2.94. The second-order valence-electron chi connectivity index (χ2n) is 3.99. The second-order valence-corrected chi connectivity index (χ2v) is 3.99. The van der Waals surface area contributed by atoms with Gasteiger partial charge in [0.1, 0.15) is 0 Å². The average Bonchev–Trinajstić information content (AvgIpc) is 2.57. The van der Waals surface area contributed by atoms with Crippen LogP contribution >= 0.6 is 0 Å². The third kappa shape index (κ3) is 2.47. The molecule has 18 heavy (non-hydrogen) atoms. The Hall–Kier alpha value is -1.98. The van der Waals surface area contributed by atoms with Crippen LogP contribution < -0.4 is 5.32 Å². The smallest absolute Gasteiger partial charge is 0.257 e. The molecule has 0 unspecified atom stereocenters. The van der Waals surface area contributed by atoms with Crippen molar-refractivity contribution in [3.63, 3.8) is 0 Å². The number of amides is 2. The van der Waals surface area contributed by atoms with Crippen molar-refractivity contribution in [2.75, 3.05) is 19.6 Å². The van der Waals surface area contributed by atoms with Gasteiger partial charge in [-0.2, -0.15) is 0 Å². The van der Waals surface area contributed by atoms with Crippen molar-refractivity contribution in [3.05, 3.63) is 35.4 Å². The zero-order valence-electron chi connectivity index (χ0n) is 9.58. The molecular formula is C12H12F2N2O2.